The standard InChI is InChI=1S/C17H20N4S3/c1-12-21-15(11-23-12)16-4-3-14(24-16)5-7-19-17(18-2)20-9-13-6-8-22-10-13/h3-4,6,8,10-11H,5,7,9H2,1-2H3,(H2,18,19,20). The van der Waals surface area contributed by atoms with Crippen molar-refractivity contribution in [1.29, 1.82) is 0 Å². The Labute approximate surface area is 154 Å². The number of aromatic nitrogens is 1. The molecule has 0 amide bonds. The van der Waals surface area contributed by atoms with E-state index in [1.54, 1.807) is 29.7 Å². The second-order valence-electron chi connectivity index (χ2n) is 5.25. The van der Waals surface area contributed by atoms with Gasteiger partial charge in [0.05, 0.1) is 15.6 Å². The average molecular weight is 377 g/mol. The Morgan fingerprint density at radius 2 is 2.12 bits per heavy atom. The molecule has 0 radical (unpaired) electrons. The molecular weight excluding hydrogens is 356 g/mol. The van der Waals surface area contributed by atoms with Crippen molar-refractivity contribution in [3.8, 4) is 10.6 Å². The van der Waals surface area contributed by atoms with E-state index < -0.39 is 0 Å². The van der Waals surface area contributed by atoms with E-state index in [1.807, 2.05) is 18.3 Å². The summed E-state index contributed by atoms with van der Waals surface area (Å²) < 4.78 is 0. The molecule has 0 bridgehead atoms. The van der Waals surface area contributed by atoms with Gasteiger partial charge in [-0.3, -0.25) is 4.99 Å². The van der Waals surface area contributed by atoms with Gasteiger partial charge in [-0.15, -0.1) is 22.7 Å². The minimum atomic E-state index is 0.801. The molecule has 3 rings (SSSR count). The zero-order valence-corrected chi connectivity index (χ0v) is 16.2. The largest absolute Gasteiger partial charge is 0.356 e. The highest BCUT2D eigenvalue weighted by Crippen LogP contribution is 2.29. The minimum Gasteiger partial charge on any atom is -0.356 e. The van der Waals surface area contributed by atoms with Crippen LogP contribution in [0.25, 0.3) is 10.6 Å². The number of thiazole rings is 1. The molecule has 24 heavy (non-hydrogen) atoms. The van der Waals surface area contributed by atoms with E-state index in [9.17, 15) is 0 Å². The monoisotopic (exact) mass is 376 g/mol. The Balaban J connectivity index is 1.46. The van der Waals surface area contributed by atoms with Crippen LogP contribution in [0, 0.1) is 6.92 Å². The second-order valence-corrected chi connectivity index (χ2v) is 8.26. The summed E-state index contributed by atoms with van der Waals surface area (Å²) in [6.45, 7) is 3.70. The van der Waals surface area contributed by atoms with Gasteiger partial charge in [0.2, 0.25) is 0 Å². The van der Waals surface area contributed by atoms with Crippen LogP contribution >= 0.6 is 34.0 Å². The van der Waals surface area contributed by atoms with E-state index >= 15 is 0 Å². The van der Waals surface area contributed by atoms with Crippen LogP contribution in [0.15, 0.2) is 39.3 Å². The fraction of sp³-hybridized carbons (Fsp3) is 0.294. The van der Waals surface area contributed by atoms with Gasteiger partial charge in [-0.1, -0.05) is 0 Å². The Hall–Kier alpha value is -1.70. The van der Waals surface area contributed by atoms with Crippen molar-refractivity contribution in [3.05, 3.63) is 49.8 Å². The van der Waals surface area contributed by atoms with Crippen LogP contribution < -0.4 is 10.6 Å². The van der Waals surface area contributed by atoms with Crippen molar-refractivity contribution in [2.45, 2.75) is 19.9 Å². The lowest BCUT2D eigenvalue weighted by molar-refractivity contribution is 0.800. The highest BCUT2D eigenvalue weighted by atomic mass is 32.1. The fourth-order valence-corrected chi connectivity index (χ4v) is 4.55. The number of hydrogen-bond donors (Lipinski definition) is 2. The molecule has 0 fully saturated rings. The predicted molar refractivity (Wildman–Crippen MR) is 106 cm³/mol. The molecule has 7 heteroatoms. The SMILES string of the molecule is CN=C(NCCc1ccc(-c2csc(C)n2)s1)NCc1ccsc1. The second kappa shape index (κ2) is 8.41. The van der Waals surface area contributed by atoms with Crippen LogP contribution in [0.1, 0.15) is 15.4 Å². The number of aryl methyl sites for hydroxylation is 1. The first-order valence-electron chi connectivity index (χ1n) is 7.71. The van der Waals surface area contributed by atoms with Crippen LogP contribution in [0.5, 0.6) is 0 Å². The van der Waals surface area contributed by atoms with E-state index in [1.165, 1.54) is 15.3 Å². The Kier molecular flexibility index (Phi) is 6.01. The van der Waals surface area contributed by atoms with E-state index in [2.05, 4.69) is 54.9 Å². The van der Waals surface area contributed by atoms with Gasteiger partial charge < -0.3 is 10.6 Å². The number of thiophene rings is 2. The molecule has 0 aromatic carbocycles. The van der Waals surface area contributed by atoms with Crippen molar-refractivity contribution in [2.24, 2.45) is 4.99 Å². The third kappa shape index (κ3) is 4.66. The van der Waals surface area contributed by atoms with Crippen LogP contribution in [0.3, 0.4) is 0 Å². The van der Waals surface area contributed by atoms with Crippen LogP contribution in [0.2, 0.25) is 0 Å². The van der Waals surface area contributed by atoms with Crippen LogP contribution in [-0.2, 0) is 13.0 Å². The fourth-order valence-electron chi connectivity index (χ4n) is 2.23. The molecular formula is C17H20N4S3. The van der Waals surface area contributed by atoms with Gasteiger partial charge >= 0.3 is 0 Å². The first-order valence-corrected chi connectivity index (χ1v) is 10.4. The van der Waals surface area contributed by atoms with Crippen LogP contribution in [-0.4, -0.2) is 24.5 Å². The molecule has 4 nitrogen and oxygen atoms in total. The van der Waals surface area contributed by atoms with Gasteiger partial charge in [0, 0.05) is 30.4 Å². The first kappa shape index (κ1) is 17.1. The number of rotatable bonds is 6. The summed E-state index contributed by atoms with van der Waals surface area (Å²) in [7, 11) is 1.80. The third-order valence-corrected chi connectivity index (χ3v) is 6.13. The molecule has 0 aliphatic carbocycles. The van der Waals surface area contributed by atoms with E-state index in [0.717, 1.165) is 36.2 Å². The molecule has 3 aromatic heterocycles. The predicted octanol–water partition coefficient (Wildman–Crippen LogP) is 4.15. The zero-order chi connectivity index (χ0) is 16.8. The van der Waals surface area contributed by atoms with Crippen molar-refractivity contribution in [3.63, 3.8) is 0 Å². The van der Waals surface area contributed by atoms with E-state index in [0.29, 0.717) is 0 Å². The number of nitrogens with one attached hydrogen (secondary N) is 2. The summed E-state index contributed by atoms with van der Waals surface area (Å²) in [5.41, 5.74) is 2.37. The molecule has 126 valence electrons. The summed E-state index contributed by atoms with van der Waals surface area (Å²) in [5.74, 6) is 0.841. The van der Waals surface area contributed by atoms with Gasteiger partial charge in [0.1, 0.15) is 0 Å². The van der Waals surface area contributed by atoms with Crippen LogP contribution in [0.4, 0.5) is 0 Å². The molecule has 0 spiro atoms. The number of guanidine groups is 1. The van der Waals surface area contributed by atoms with Gasteiger partial charge in [-0.05, 0) is 47.9 Å². The highest BCUT2D eigenvalue weighted by Gasteiger charge is 2.06. The lowest BCUT2D eigenvalue weighted by atomic mass is 10.3. The molecule has 0 saturated carbocycles. The molecule has 0 saturated heterocycles. The van der Waals surface area contributed by atoms with E-state index in [-0.39, 0.29) is 0 Å². The van der Waals surface area contributed by atoms with Crippen molar-refractivity contribution >= 4 is 40.0 Å². The number of hydrogen-bond acceptors (Lipinski definition) is 5. The smallest absolute Gasteiger partial charge is 0.191 e. The Morgan fingerprint density at radius 1 is 1.21 bits per heavy atom. The summed E-state index contributed by atoms with van der Waals surface area (Å²) in [4.78, 5) is 11.4. The summed E-state index contributed by atoms with van der Waals surface area (Å²) in [6.07, 6.45) is 0.979. The number of aliphatic imine (C=N–C) groups is 1. The summed E-state index contributed by atoms with van der Waals surface area (Å²) in [5, 5.41) is 14.2. The molecule has 0 aliphatic rings. The maximum Gasteiger partial charge on any atom is 0.191 e. The quantitative estimate of drug-likeness (QED) is 0.502. The molecule has 0 unspecified atom stereocenters. The highest BCUT2D eigenvalue weighted by molar-refractivity contribution is 7.16. The molecule has 3 aromatic rings. The zero-order valence-electron chi connectivity index (χ0n) is 13.7. The molecule has 3 heterocycles. The van der Waals surface area contributed by atoms with Gasteiger partial charge in [0.15, 0.2) is 5.96 Å². The maximum atomic E-state index is 4.55. The van der Waals surface area contributed by atoms with Crippen molar-refractivity contribution in [1.82, 2.24) is 15.6 Å². The lowest BCUT2D eigenvalue weighted by Crippen LogP contribution is -2.37. The Morgan fingerprint density at radius 3 is 2.83 bits per heavy atom. The van der Waals surface area contributed by atoms with Gasteiger partial charge in [-0.2, -0.15) is 11.3 Å². The average Bonchev–Trinajstić information content (AvgIpc) is 3.32. The summed E-state index contributed by atoms with van der Waals surface area (Å²) >= 11 is 5.23. The molecule has 0 aliphatic heterocycles. The van der Waals surface area contributed by atoms with Crippen molar-refractivity contribution < 1.29 is 0 Å². The maximum absolute atomic E-state index is 4.55. The lowest BCUT2D eigenvalue weighted by Gasteiger charge is -2.10. The summed E-state index contributed by atoms with van der Waals surface area (Å²) in [6, 6.07) is 6.48. The minimum absolute atomic E-state index is 0.801. The van der Waals surface area contributed by atoms with Gasteiger partial charge in [-0.25, -0.2) is 4.98 Å². The van der Waals surface area contributed by atoms with Gasteiger partial charge in [0.25, 0.3) is 0 Å². The van der Waals surface area contributed by atoms with Crippen molar-refractivity contribution in [2.75, 3.05) is 13.6 Å². The number of nitrogens with zero attached hydrogens (tertiary/aromatic N) is 2. The molecule has 0 atom stereocenters. The first-order chi connectivity index (χ1) is 11.7. The third-order valence-electron chi connectivity index (χ3n) is 3.46. The normalized spacial score (nSPS) is 11.7. The molecule has 2 N–H and O–H groups in total. The topological polar surface area (TPSA) is 49.3 Å². The Bertz CT molecular complexity index is 786. The van der Waals surface area contributed by atoms with E-state index in [4.69, 9.17) is 0 Å².